The zero-order valence-electron chi connectivity index (χ0n) is 25.2. The third-order valence-electron chi connectivity index (χ3n) is 8.36. The molecule has 2 aliphatic rings. The monoisotopic (exact) mass is 675 g/mol. The van der Waals surface area contributed by atoms with Gasteiger partial charge in [-0.05, 0) is 58.5 Å². The average molecular weight is 676 g/mol. The fourth-order valence-electron chi connectivity index (χ4n) is 6.21. The van der Waals surface area contributed by atoms with Crippen molar-refractivity contribution in [3.63, 3.8) is 0 Å². The molecule has 2 atom stereocenters. The Labute approximate surface area is 279 Å². The summed E-state index contributed by atoms with van der Waals surface area (Å²) < 4.78 is 41.9. The Kier molecular flexibility index (Phi) is 8.86. The molecule has 0 spiro atoms. The number of carbonyl (C=O) groups excluding carboxylic acids is 2. The van der Waals surface area contributed by atoms with Crippen molar-refractivity contribution in [2.24, 2.45) is 5.92 Å². The van der Waals surface area contributed by atoms with Crippen LogP contribution in [0.4, 0.5) is 19.1 Å². The molecular weight excluding hydrogens is 647 g/mol. The van der Waals surface area contributed by atoms with Gasteiger partial charge in [-0.25, -0.2) is 0 Å². The van der Waals surface area contributed by atoms with Gasteiger partial charge in [-0.1, -0.05) is 97.8 Å². The molecule has 2 unspecified atom stereocenters. The van der Waals surface area contributed by atoms with E-state index in [0.717, 1.165) is 26.3 Å². The molecule has 6 rings (SSSR count). The molecule has 1 aromatic heterocycles. The number of anilines is 1. The third kappa shape index (κ3) is 6.25. The lowest BCUT2D eigenvalue weighted by atomic mass is 9.80. The minimum Gasteiger partial charge on any atom is -0.368 e. The van der Waals surface area contributed by atoms with Crippen LogP contribution in [0.2, 0.25) is 5.02 Å². The number of rotatable bonds is 8. The number of thiocarbonyl (C=S) groups is 1. The van der Waals surface area contributed by atoms with Gasteiger partial charge in [0.25, 0.3) is 5.91 Å². The van der Waals surface area contributed by atoms with E-state index < -0.39 is 36.4 Å². The van der Waals surface area contributed by atoms with Crippen LogP contribution < -0.4 is 5.73 Å². The van der Waals surface area contributed by atoms with Crippen LogP contribution in [0.1, 0.15) is 53.0 Å². The summed E-state index contributed by atoms with van der Waals surface area (Å²) in [5.74, 6) is -2.98. The van der Waals surface area contributed by atoms with Crippen LogP contribution in [0, 0.1) is 5.92 Å². The highest BCUT2D eigenvalue weighted by Gasteiger charge is 2.48. The van der Waals surface area contributed by atoms with Gasteiger partial charge in [0.15, 0.2) is 5.82 Å². The number of halogens is 4. The molecule has 2 aliphatic carbocycles. The minimum atomic E-state index is -4.56. The van der Waals surface area contributed by atoms with Crippen LogP contribution in [-0.4, -0.2) is 55.6 Å². The second-order valence-corrected chi connectivity index (χ2v) is 12.3. The molecule has 0 aliphatic heterocycles. The Morgan fingerprint density at radius 3 is 2.38 bits per heavy atom. The molecule has 1 amide bonds. The van der Waals surface area contributed by atoms with Gasteiger partial charge in [-0.15, -0.1) is 5.10 Å². The number of nitrogens with two attached hydrogens (primary N) is 1. The van der Waals surface area contributed by atoms with Crippen molar-refractivity contribution in [3.05, 3.63) is 112 Å². The number of fused-ring (bicyclic) bond motifs is 3. The molecule has 0 radical (unpaired) electrons. The summed E-state index contributed by atoms with van der Waals surface area (Å²) >= 11 is 12.0. The first kappa shape index (κ1) is 32.3. The minimum absolute atomic E-state index is 0.0309. The lowest BCUT2D eigenvalue weighted by Crippen LogP contribution is -2.44. The summed E-state index contributed by atoms with van der Waals surface area (Å²) in [6.45, 7) is 0.471. The second-order valence-electron chi connectivity index (χ2n) is 11.4. The number of unbranched alkanes of at least 4 members (excludes halogenated alkanes) is 1. The van der Waals surface area contributed by atoms with Gasteiger partial charge < -0.3 is 10.6 Å². The second kappa shape index (κ2) is 12.9. The van der Waals surface area contributed by atoms with Gasteiger partial charge in [0.05, 0.1) is 5.92 Å². The fraction of sp³-hybridized carbons (Fsp3) is 0.229. The number of aromatic nitrogens is 3. The van der Waals surface area contributed by atoms with Crippen LogP contribution in [0.5, 0.6) is 0 Å². The van der Waals surface area contributed by atoms with E-state index in [1.54, 1.807) is 66.7 Å². The maximum Gasteiger partial charge on any atom is 0.406 e. The molecule has 240 valence electrons. The quantitative estimate of drug-likeness (QED) is 0.193. The van der Waals surface area contributed by atoms with E-state index in [2.05, 4.69) is 10.1 Å². The van der Waals surface area contributed by atoms with Crippen LogP contribution >= 0.6 is 23.8 Å². The molecule has 47 heavy (non-hydrogen) atoms. The summed E-state index contributed by atoms with van der Waals surface area (Å²) in [5, 5.41) is 5.00. The van der Waals surface area contributed by atoms with E-state index in [1.807, 2.05) is 25.1 Å². The molecule has 2 N–H and O–H groups in total. The van der Waals surface area contributed by atoms with Crippen LogP contribution in [0.25, 0.3) is 22.3 Å². The van der Waals surface area contributed by atoms with E-state index in [9.17, 15) is 22.8 Å². The van der Waals surface area contributed by atoms with Crippen LogP contribution in [0.15, 0.2) is 84.9 Å². The molecule has 3 aromatic carbocycles. The normalized spacial score (nSPS) is 17.1. The van der Waals surface area contributed by atoms with Crippen molar-refractivity contribution in [2.75, 3.05) is 18.8 Å². The Bertz CT molecular complexity index is 1950. The molecule has 7 nitrogen and oxygen atoms in total. The SMILES string of the molecule is CCCCN(CC(F)(F)F)C(=O)C1c2ccccc2C2=CC=C(c3nc(N)n(C(=O)c4ccccc4-c4ccc(Cl)cc4)n3)C(=S)C21. The number of amides is 1. The molecule has 1 heterocycles. The lowest BCUT2D eigenvalue weighted by Gasteiger charge is -2.31. The number of benzene rings is 3. The zero-order chi connectivity index (χ0) is 33.5. The first-order valence-electron chi connectivity index (χ1n) is 15.0. The molecule has 0 saturated carbocycles. The van der Waals surface area contributed by atoms with E-state index in [0.29, 0.717) is 40.1 Å². The molecule has 0 saturated heterocycles. The summed E-state index contributed by atoms with van der Waals surface area (Å²) in [4.78, 5) is 33.4. The molecular formula is C35H29ClF3N5O2S. The van der Waals surface area contributed by atoms with Crippen molar-refractivity contribution in [1.29, 1.82) is 0 Å². The first-order valence-corrected chi connectivity index (χ1v) is 15.8. The van der Waals surface area contributed by atoms with Gasteiger partial charge in [-0.3, -0.25) is 9.59 Å². The predicted octanol–water partition coefficient (Wildman–Crippen LogP) is 7.62. The van der Waals surface area contributed by atoms with Crippen molar-refractivity contribution in [2.45, 2.75) is 31.9 Å². The molecule has 4 aromatic rings. The largest absolute Gasteiger partial charge is 0.406 e. The molecule has 0 fully saturated rings. The highest BCUT2D eigenvalue weighted by molar-refractivity contribution is 7.81. The lowest BCUT2D eigenvalue weighted by molar-refractivity contribution is -0.162. The number of alkyl halides is 3. The summed E-state index contributed by atoms with van der Waals surface area (Å²) in [5.41, 5.74) is 10.4. The third-order valence-corrected chi connectivity index (χ3v) is 9.09. The highest BCUT2D eigenvalue weighted by atomic mass is 35.5. The van der Waals surface area contributed by atoms with Crippen molar-refractivity contribution < 1.29 is 22.8 Å². The number of carbonyl (C=O) groups is 2. The fourth-order valence-corrected chi connectivity index (χ4v) is 6.76. The Balaban J connectivity index is 1.36. The molecule has 0 bridgehead atoms. The Morgan fingerprint density at radius 2 is 1.68 bits per heavy atom. The smallest absolute Gasteiger partial charge is 0.368 e. The van der Waals surface area contributed by atoms with Gasteiger partial charge in [0, 0.05) is 33.5 Å². The maximum absolute atomic E-state index is 14.0. The maximum atomic E-state index is 14.0. The van der Waals surface area contributed by atoms with Crippen molar-refractivity contribution >= 4 is 57.6 Å². The van der Waals surface area contributed by atoms with Gasteiger partial charge in [-0.2, -0.15) is 22.8 Å². The average Bonchev–Trinajstić information content (AvgIpc) is 3.60. The number of hydrogen-bond acceptors (Lipinski definition) is 6. The van der Waals surface area contributed by atoms with E-state index in [4.69, 9.17) is 29.6 Å². The van der Waals surface area contributed by atoms with Gasteiger partial charge >= 0.3 is 6.18 Å². The van der Waals surface area contributed by atoms with E-state index >= 15 is 0 Å². The number of nitrogen functional groups attached to an aromatic ring is 1. The van der Waals surface area contributed by atoms with Gasteiger partial charge in [0.2, 0.25) is 11.9 Å². The summed E-state index contributed by atoms with van der Waals surface area (Å²) in [7, 11) is 0. The first-order chi connectivity index (χ1) is 22.5. The number of allylic oxidation sites excluding steroid dienone is 4. The number of hydrogen-bond donors (Lipinski definition) is 1. The van der Waals surface area contributed by atoms with Crippen LogP contribution in [0.3, 0.4) is 0 Å². The van der Waals surface area contributed by atoms with Crippen molar-refractivity contribution in [3.8, 4) is 11.1 Å². The Hall–Kier alpha value is -4.61. The predicted molar refractivity (Wildman–Crippen MR) is 180 cm³/mol. The Morgan fingerprint density at radius 1 is 1.00 bits per heavy atom. The standard InChI is InChI=1S/C35H29ClF3N5O2S/c1-2-3-18-43(19-35(37,38)39)33(46)29-24-10-6-5-9-23(24)25-16-17-27(30(47)28(25)29)31-41-34(40)44(42-31)32(45)26-11-7-4-8-22(26)20-12-14-21(36)15-13-20/h4-17,28-29H,2-3,18-19H2,1H3,(H2,40,41,42). The topological polar surface area (TPSA) is 94.1 Å². The van der Waals surface area contributed by atoms with Crippen molar-refractivity contribution in [1.82, 2.24) is 19.7 Å². The summed E-state index contributed by atoms with van der Waals surface area (Å²) in [6.07, 6.45) is -0.0219. The molecule has 12 heteroatoms. The highest BCUT2D eigenvalue weighted by Crippen LogP contribution is 2.51. The summed E-state index contributed by atoms with van der Waals surface area (Å²) in [6, 6.07) is 21.2. The number of nitrogens with zero attached hydrogens (tertiary/aromatic N) is 4. The zero-order valence-corrected chi connectivity index (χ0v) is 26.7. The van der Waals surface area contributed by atoms with E-state index in [1.165, 1.54) is 0 Å². The van der Waals surface area contributed by atoms with E-state index in [-0.39, 0.29) is 23.2 Å². The van der Waals surface area contributed by atoms with Gasteiger partial charge in [0.1, 0.15) is 6.54 Å². The van der Waals surface area contributed by atoms with Crippen LogP contribution in [-0.2, 0) is 4.79 Å².